The molecule has 0 aromatic heterocycles. The molecule has 0 nitrogen and oxygen atoms in total. The van der Waals surface area contributed by atoms with E-state index in [9.17, 15) is 13.2 Å². The summed E-state index contributed by atoms with van der Waals surface area (Å²) in [7, 11) is -1.63. The summed E-state index contributed by atoms with van der Waals surface area (Å²) in [6, 6.07) is 1.13. The van der Waals surface area contributed by atoms with Gasteiger partial charge in [-0.15, -0.1) is 0 Å². The second-order valence-electron chi connectivity index (χ2n) is 6.64. The fraction of sp³-hybridized carbons (Fsp3) is 0.846. The number of hydrogen-bond donors (Lipinski definition) is 0. The zero-order valence-electron chi connectivity index (χ0n) is 11.4. The lowest BCUT2D eigenvalue weighted by molar-refractivity contribution is 0.0656. The quantitative estimate of drug-likeness (QED) is 0.586. The van der Waals surface area contributed by atoms with Crippen LogP contribution in [0.5, 0.6) is 0 Å². The molecule has 1 heterocycles. The van der Waals surface area contributed by atoms with Crippen molar-refractivity contribution in [3.63, 3.8) is 0 Å². The molecule has 1 saturated heterocycles. The smallest absolute Gasteiger partial charge is 0.163 e. The second kappa shape index (κ2) is 4.45. The van der Waals surface area contributed by atoms with Gasteiger partial charge in [0.1, 0.15) is 6.33 Å². The van der Waals surface area contributed by atoms with Gasteiger partial charge in [0, 0.05) is 5.41 Å². The van der Waals surface area contributed by atoms with Gasteiger partial charge in [-0.25, -0.2) is 13.2 Å². The van der Waals surface area contributed by atoms with E-state index in [4.69, 9.17) is 0 Å². The SMILES string of the molecule is CC1(C(F)C(F)=CF)CCC[Si](C)(C)C1(C)C. The van der Waals surface area contributed by atoms with Crippen LogP contribution in [0.3, 0.4) is 0 Å². The van der Waals surface area contributed by atoms with E-state index in [1.807, 2.05) is 13.8 Å². The first kappa shape index (κ1) is 14.8. The lowest BCUT2D eigenvalue weighted by Crippen LogP contribution is -2.55. The van der Waals surface area contributed by atoms with Crippen LogP contribution in [0.4, 0.5) is 13.2 Å². The van der Waals surface area contributed by atoms with Crippen LogP contribution < -0.4 is 0 Å². The van der Waals surface area contributed by atoms with E-state index in [0.717, 1.165) is 12.5 Å². The molecule has 0 aliphatic carbocycles. The van der Waals surface area contributed by atoms with Gasteiger partial charge in [0.05, 0.1) is 8.07 Å². The number of hydrogen-bond acceptors (Lipinski definition) is 0. The highest BCUT2D eigenvalue weighted by Gasteiger charge is 2.58. The zero-order valence-corrected chi connectivity index (χ0v) is 12.4. The zero-order chi connectivity index (χ0) is 13.5. The first-order valence-corrected chi connectivity index (χ1v) is 9.41. The molecule has 2 atom stereocenters. The largest absolute Gasteiger partial charge is 0.239 e. The molecule has 0 aromatic rings. The maximum Gasteiger partial charge on any atom is 0.163 e. The molecule has 1 aliphatic heterocycles. The molecule has 17 heavy (non-hydrogen) atoms. The topological polar surface area (TPSA) is 0 Å². The fourth-order valence-electron chi connectivity index (χ4n) is 3.10. The van der Waals surface area contributed by atoms with Crippen molar-refractivity contribution in [2.75, 3.05) is 0 Å². The lowest BCUT2D eigenvalue weighted by Gasteiger charge is -2.57. The van der Waals surface area contributed by atoms with E-state index in [-0.39, 0.29) is 11.4 Å². The van der Waals surface area contributed by atoms with Gasteiger partial charge in [-0.3, -0.25) is 0 Å². The van der Waals surface area contributed by atoms with Crippen LogP contribution in [0, 0.1) is 5.41 Å². The molecule has 0 radical (unpaired) electrons. The minimum Gasteiger partial charge on any atom is -0.239 e. The van der Waals surface area contributed by atoms with Crippen molar-refractivity contribution in [2.24, 2.45) is 5.41 Å². The average molecular weight is 264 g/mol. The van der Waals surface area contributed by atoms with Crippen molar-refractivity contribution in [2.45, 2.75) is 64.0 Å². The van der Waals surface area contributed by atoms with Crippen molar-refractivity contribution in [3.05, 3.63) is 12.2 Å². The van der Waals surface area contributed by atoms with E-state index < -0.39 is 25.5 Å². The molecule has 100 valence electrons. The molecular formula is C13H23F3Si. The van der Waals surface area contributed by atoms with Gasteiger partial charge in [-0.2, -0.15) is 0 Å². The number of alkyl halides is 1. The third-order valence-electron chi connectivity index (χ3n) is 5.52. The molecular weight excluding hydrogens is 241 g/mol. The van der Waals surface area contributed by atoms with Crippen LogP contribution in [0.1, 0.15) is 33.6 Å². The maximum atomic E-state index is 14.2. The molecule has 4 heteroatoms. The number of allylic oxidation sites excluding steroid dienone is 1. The fourth-order valence-corrected chi connectivity index (χ4v) is 6.58. The molecule has 0 saturated carbocycles. The number of rotatable bonds is 2. The van der Waals surface area contributed by atoms with Crippen LogP contribution in [0.25, 0.3) is 0 Å². The predicted octanol–water partition coefficient (Wildman–Crippen LogP) is 5.39. The molecule has 1 fully saturated rings. The molecule has 0 aromatic carbocycles. The molecule has 0 amide bonds. The number of halogens is 3. The van der Waals surface area contributed by atoms with Crippen molar-refractivity contribution in [3.8, 4) is 0 Å². The van der Waals surface area contributed by atoms with Gasteiger partial charge in [0.25, 0.3) is 0 Å². The van der Waals surface area contributed by atoms with Gasteiger partial charge in [-0.1, -0.05) is 46.3 Å². The molecule has 1 aliphatic rings. The third-order valence-corrected chi connectivity index (χ3v) is 11.1. The Morgan fingerprint density at radius 3 is 2.29 bits per heavy atom. The Balaban J connectivity index is 3.18. The maximum absolute atomic E-state index is 14.2. The monoisotopic (exact) mass is 264 g/mol. The standard InChI is InChI=1S/C13H23F3Si/c1-12(2)13(3,11(16)10(15)9-14)7-6-8-17(12,4)5/h9,11H,6-8H2,1-5H3. The summed E-state index contributed by atoms with van der Waals surface area (Å²) in [6.07, 6.45) is -0.512. The highest BCUT2D eigenvalue weighted by atomic mass is 28.3. The Kier molecular flexibility index (Phi) is 3.87. The Bertz CT molecular complexity index is 323. The summed E-state index contributed by atoms with van der Waals surface area (Å²) >= 11 is 0. The summed E-state index contributed by atoms with van der Waals surface area (Å²) in [5.74, 6) is -1.26. The van der Waals surface area contributed by atoms with E-state index >= 15 is 0 Å². The average Bonchev–Trinajstić information content (AvgIpc) is 2.24. The summed E-state index contributed by atoms with van der Waals surface area (Å²) in [4.78, 5) is 0. The molecule has 1 rings (SSSR count). The second-order valence-corrected chi connectivity index (χ2v) is 12.2. The Morgan fingerprint density at radius 1 is 1.29 bits per heavy atom. The van der Waals surface area contributed by atoms with Gasteiger partial charge in [0.2, 0.25) is 0 Å². The minimum absolute atomic E-state index is 0.227. The van der Waals surface area contributed by atoms with Gasteiger partial charge in [0.15, 0.2) is 12.0 Å². The van der Waals surface area contributed by atoms with Crippen molar-refractivity contribution >= 4 is 8.07 Å². The van der Waals surface area contributed by atoms with Crippen LogP contribution in [0.2, 0.25) is 24.2 Å². The highest BCUT2D eigenvalue weighted by molar-refractivity contribution is 6.80. The van der Waals surface area contributed by atoms with Gasteiger partial charge < -0.3 is 0 Å². The van der Waals surface area contributed by atoms with Crippen molar-refractivity contribution in [1.29, 1.82) is 0 Å². The predicted molar refractivity (Wildman–Crippen MR) is 68.9 cm³/mol. The first-order chi connectivity index (χ1) is 7.60. The normalized spacial score (nSPS) is 34.5. The molecule has 0 N–H and O–H groups in total. The minimum atomic E-state index is -1.82. The van der Waals surface area contributed by atoms with Crippen LogP contribution in [-0.4, -0.2) is 14.2 Å². The molecule has 2 unspecified atom stereocenters. The van der Waals surface area contributed by atoms with Crippen LogP contribution in [-0.2, 0) is 0 Å². The van der Waals surface area contributed by atoms with E-state index in [2.05, 4.69) is 13.1 Å². The Morgan fingerprint density at radius 2 is 1.82 bits per heavy atom. The summed E-state index contributed by atoms with van der Waals surface area (Å²) < 4.78 is 39.8. The van der Waals surface area contributed by atoms with Crippen LogP contribution in [0.15, 0.2) is 12.2 Å². The summed E-state index contributed by atoms with van der Waals surface area (Å²) in [6.45, 7) is 10.3. The van der Waals surface area contributed by atoms with E-state index in [0.29, 0.717) is 6.42 Å². The Hall–Kier alpha value is -0.253. The summed E-state index contributed by atoms with van der Waals surface area (Å²) in [5, 5.41) is -0.252. The Labute approximate surface area is 103 Å². The van der Waals surface area contributed by atoms with E-state index in [1.165, 1.54) is 0 Å². The third kappa shape index (κ3) is 2.09. The molecule has 0 bridgehead atoms. The van der Waals surface area contributed by atoms with Crippen molar-refractivity contribution < 1.29 is 13.2 Å². The molecule has 0 spiro atoms. The van der Waals surface area contributed by atoms with Gasteiger partial charge >= 0.3 is 0 Å². The van der Waals surface area contributed by atoms with Crippen LogP contribution >= 0.6 is 0 Å². The lowest BCUT2D eigenvalue weighted by atomic mass is 9.70. The first-order valence-electron chi connectivity index (χ1n) is 6.20. The van der Waals surface area contributed by atoms with Crippen molar-refractivity contribution in [1.82, 2.24) is 0 Å². The summed E-state index contributed by atoms with van der Waals surface area (Å²) in [5.41, 5.74) is -0.798. The van der Waals surface area contributed by atoms with Gasteiger partial charge in [-0.05, 0) is 11.5 Å². The van der Waals surface area contributed by atoms with E-state index in [1.54, 1.807) is 6.92 Å². The highest BCUT2D eigenvalue weighted by Crippen LogP contribution is 2.63.